The van der Waals surface area contributed by atoms with E-state index in [1.807, 2.05) is 0 Å². The third-order valence-electron chi connectivity index (χ3n) is 3.32. The van der Waals surface area contributed by atoms with Gasteiger partial charge in [0, 0.05) is 25.0 Å². The summed E-state index contributed by atoms with van der Waals surface area (Å²) in [4.78, 5) is 0. The van der Waals surface area contributed by atoms with Gasteiger partial charge in [-0.05, 0) is 25.7 Å². The van der Waals surface area contributed by atoms with Gasteiger partial charge >= 0.3 is 0 Å². The van der Waals surface area contributed by atoms with Crippen LogP contribution in [0.2, 0.25) is 0 Å². The molecule has 0 radical (unpaired) electrons. The minimum absolute atomic E-state index is 0.212. The first-order valence-corrected chi connectivity index (χ1v) is 5.72. The van der Waals surface area contributed by atoms with Gasteiger partial charge in [-0.25, -0.2) is 0 Å². The summed E-state index contributed by atoms with van der Waals surface area (Å²) in [6, 6.07) is 0. The van der Waals surface area contributed by atoms with E-state index >= 15 is 0 Å². The van der Waals surface area contributed by atoms with Gasteiger partial charge in [0.2, 0.25) is 0 Å². The molecule has 0 amide bonds. The summed E-state index contributed by atoms with van der Waals surface area (Å²) in [5.41, 5.74) is 5.65. The molecule has 2 fully saturated rings. The average molecular weight is 212 g/mol. The van der Waals surface area contributed by atoms with Crippen LogP contribution in [-0.4, -0.2) is 31.8 Å². The Morgan fingerprint density at radius 3 is 2.60 bits per heavy atom. The van der Waals surface area contributed by atoms with E-state index in [2.05, 4.69) is 0 Å². The Bertz CT molecular complexity index is 233. The largest absolute Gasteiger partial charge is 0.388 e. The van der Waals surface area contributed by atoms with E-state index in [0.29, 0.717) is 18.4 Å². The van der Waals surface area contributed by atoms with Crippen molar-refractivity contribution in [3.05, 3.63) is 0 Å². The lowest BCUT2D eigenvalue weighted by Gasteiger charge is -2.25. The number of nitrogens with two attached hydrogens (primary N) is 1. The summed E-state index contributed by atoms with van der Waals surface area (Å²) in [5, 5.41) is 7.31. The normalized spacial score (nSPS) is 25.1. The molecule has 0 spiro atoms. The summed E-state index contributed by atoms with van der Waals surface area (Å²) < 4.78 is 11.2. The smallest absolute Gasteiger partial charge is 0.0911 e. The van der Waals surface area contributed by atoms with Gasteiger partial charge in [0.15, 0.2) is 0 Å². The first kappa shape index (κ1) is 10.9. The van der Waals surface area contributed by atoms with Gasteiger partial charge in [-0.2, -0.15) is 0 Å². The van der Waals surface area contributed by atoms with E-state index in [-0.39, 0.29) is 5.41 Å². The summed E-state index contributed by atoms with van der Waals surface area (Å²) in [6.07, 6.45) is 5.41. The first-order valence-electron chi connectivity index (χ1n) is 5.72. The van der Waals surface area contributed by atoms with Crippen LogP contribution in [0.5, 0.6) is 0 Å². The monoisotopic (exact) mass is 212 g/mol. The number of nitrogens with one attached hydrogen (secondary N) is 1. The van der Waals surface area contributed by atoms with Crippen molar-refractivity contribution in [3.8, 4) is 0 Å². The molecule has 2 aliphatic rings. The average Bonchev–Trinajstić information content (AvgIpc) is 2.96. The zero-order valence-electron chi connectivity index (χ0n) is 9.13. The van der Waals surface area contributed by atoms with Gasteiger partial charge in [-0.3, -0.25) is 5.41 Å². The van der Waals surface area contributed by atoms with E-state index in [9.17, 15) is 0 Å². The van der Waals surface area contributed by atoms with Crippen molar-refractivity contribution in [2.24, 2.45) is 11.1 Å². The van der Waals surface area contributed by atoms with Crippen molar-refractivity contribution in [2.45, 2.75) is 38.2 Å². The Labute approximate surface area is 90.6 Å². The number of ether oxygens (including phenoxy) is 2. The highest BCUT2D eigenvalue weighted by molar-refractivity contribution is 5.78. The molecular formula is C11H20N2O2. The Morgan fingerprint density at radius 2 is 2.07 bits per heavy atom. The van der Waals surface area contributed by atoms with Crippen LogP contribution in [0.25, 0.3) is 0 Å². The number of rotatable bonds is 5. The standard InChI is InChI=1S/C11H20N2O2/c12-10(13)7-11(3-4-11)8-15-9-1-5-14-6-2-9/h9H,1-8H2,(H3,12,13). The van der Waals surface area contributed by atoms with Crippen molar-refractivity contribution in [1.29, 1.82) is 5.41 Å². The van der Waals surface area contributed by atoms with Crippen molar-refractivity contribution < 1.29 is 9.47 Å². The fourth-order valence-corrected chi connectivity index (χ4v) is 2.09. The van der Waals surface area contributed by atoms with Crippen molar-refractivity contribution in [1.82, 2.24) is 0 Å². The highest BCUT2D eigenvalue weighted by atomic mass is 16.5. The van der Waals surface area contributed by atoms with Crippen molar-refractivity contribution >= 4 is 5.84 Å². The SMILES string of the molecule is N=C(N)CC1(COC2CCOCC2)CC1. The van der Waals surface area contributed by atoms with Gasteiger partial charge in [0.05, 0.1) is 18.5 Å². The second-order valence-corrected chi connectivity index (χ2v) is 4.82. The molecule has 0 aromatic carbocycles. The van der Waals surface area contributed by atoms with Crippen LogP contribution < -0.4 is 5.73 Å². The van der Waals surface area contributed by atoms with Crippen LogP contribution in [-0.2, 0) is 9.47 Å². The molecule has 4 heteroatoms. The van der Waals surface area contributed by atoms with E-state index in [1.165, 1.54) is 0 Å². The molecule has 1 saturated heterocycles. The van der Waals surface area contributed by atoms with E-state index in [0.717, 1.165) is 45.5 Å². The zero-order valence-corrected chi connectivity index (χ0v) is 9.13. The molecule has 0 unspecified atom stereocenters. The molecule has 2 rings (SSSR count). The summed E-state index contributed by atoms with van der Waals surface area (Å²) in [6.45, 7) is 2.42. The summed E-state index contributed by atoms with van der Waals surface area (Å²) >= 11 is 0. The lowest BCUT2D eigenvalue weighted by Crippen LogP contribution is -2.28. The van der Waals surface area contributed by atoms with Gasteiger partial charge in [-0.1, -0.05) is 0 Å². The lowest BCUT2D eigenvalue weighted by atomic mass is 10.0. The fraction of sp³-hybridized carbons (Fsp3) is 0.909. The zero-order chi connectivity index (χ0) is 10.7. The van der Waals surface area contributed by atoms with Crippen LogP contribution in [0.1, 0.15) is 32.1 Å². The maximum atomic E-state index is 7.31. The van der Waals surface area contributed by atoms with Crippen molar-refractivity contribution in [3.63, 3.8) is 0 Å². The second kappa shape index (κ2) is 4.49. The summed E-state index contributed by atoms with van der Waals surface area (Å²) in [5.74, 6) is 0.295. The highest BCUT2D eigenvalue weighted by Crippen LogP contribution is 2.49. The Hall–Kier alpha value is -0.610. The third-order valence-corrected chi connectivity index (χ3v) is 3.32. The number of amidine groups is 1. The van der Waals surface area contributed by atoms with Gasteiger partial charge < -0.3 is 15.2 Å². The molecule has 0 atom stereocenters. The van der Waals surface area contributed by atoms with E-state index in [1.54, 1.807) is 0 Å². The first-order chi connectivity index (χ1) is 7.20. The van der Waals surface area contributed by atoms with Crippen LogP contribution in [0.3, 0.4) is 0 Å². The molecule has 3 N–H and O–H groups in total. The van der Waals surface area contributed by atoms with Crippen LogP contribution in [0, 0.1) is 10.8 Å². The maximum absolute atomic E-state index is 7.31. The minimum Gasteiger partial charge on any atom is -0.388 e. The molecule has 1 saturated carbocycles. The molecule has 1 aliphatic carbocycles. The molecule has 0 aromatic rings. The maximum Gasteiger partial charge on any atom is 0.0911 e. The molecule has 1 heterocycles. The molecule has 0 aromatic heterocycles. The van der Waals surface area contributed by atoms with Crippen LogP contribution in [0.4, 0.5) is 0 Å². The van der Waals surface area contributed by atoms with Crippen LogP contribution >= 0.6 is 0 Å². The van der Waals surface area contributed by atoms with Gasteiger partial charge in [0.1, 0.15) is 0 Å². The predicted octanol–water partition coefficient (Wildman–Crippen LogP) is 1.29. The van der Waals surface area contributed by atoms with Gasteiger partial charge in [0.25, 0.3) is 0 Å². The molecule has 1 aliphatic heterocycles. The Morgan fingerprint density at radius 1 is 1.40 bits per heavy atom. The minimum atomic E-state index is 0.212. The summed E-state index contributed by atoms with van der Waals surface area (Å²) in [7, 11) is 0. The number of hydrogen-bond acceptors (Lipinski definition) is 3. The quantitative estimate of drug-likeness (QED) is 0.533. The van der Waals surface area contributed by atoms with Crippen molar-refractivity contribution in [2.75, 3.05) is 19.8 Å². The van der Waals surface area contributed by atoms with E-state index in [4.69, 9.17) is 20.6 Å². The molecule has 0 bridgehead atoms. The highest BCUT2D eigenvalue weighted by Gasteiger charge is 2.43. The van der Waals surface area contributed by atoms with E-state index < -0.39 is 0 Å². The Balaban J connectivity index is 1.70. The number of hydrogen-bond donors (Lipinski definition) is 2. The van der Waals surface area contributed by atoms with Gasteiger partial charge in [-0.15, -0.1) is 0 Å². The third kappa shape index (κ3) is 3.18. The Kier molecular flexibility index (Phi) is 3.26. The fourth-order valence-electron chi connectivity index (χ4n) is 2.09. The topological polar surface area (TPSA) is 68.3 Å². The molecule has 15 heavy (non-hydrogen) atoms. The molecular weight excluding hydrogens is 192 g/mol. The predicted molar refractivity (Wildman–Crippen MR) is 58.0 cm³/mol. The second-order valence-electron chi connectivity index (χ2n) is 4.82. The lowest BCUT2D eigenvalue weighted by molar-refractivity contribution is -0.0455. The molecule has 86 valence electrons. The van der Waals surface area contributed by atoms with Crippen LogP contribution in [0.15, 0.2) is 0 Å². The molecule has 4 nitrogen and oxygen atoms in total.